The van der Waals surface area contributed by atoms with Crippen molar-refractivity contribution in [2.45, 2.75) is 25.9 Å². The van der Waals surface area contributed by atoms with Crippen molar-refractivity contribution >= 4 is 28.3 Å². The fraction of sp³-hybridized carbons (Fsp3) is 0.381. The zero-order valence-electron chi connectivity index (χ0n) is 15.3. The van der Waals surface area contributed by atoms with Crippen LogP contribution in [0.15, 0.2) is 36.5 Å². The molecule has 7 heteroatoms. The van der Waals surface area contributed by atoms with Crippen LogP contribution in [0.25, 0.3) is 10.9 Å². The number of anilines is 1. The molecule has 2 fully saturated rings. The standard InChI is InChI=1S/C21H20ClFN4O/c22-19-17(23)18-16(9-24-19)20(27-10-14-6-7-15(8-14)11-27)26-21(25-18)28-12-13-4-2-1-3-5-13/h1-5,9,14-15H,6-8,10-12H2. The summed E-state index contributed by atoms with van der Waals surface area (Å²) < 4.78 is 20.5. The first kappa shape index (κ1) is 17.6. The van der Waals surface area contributed by atoms with Crippen LogP contribution in [0.2, 0.25) is 5.15 Å². The Morgan fingerprint density at radius 2 is 1.86 bits per heavy atom. The van der Waals surface area contributed by atoms with Gasteiger partial charge in [0.2, 0.25) is 0 Å². The van der Waals surface area contributed by atoms with Crippen molar-refractivity contribution in [3.8, 4) is 6.01 Å². The van der Waals surface area contributed by atoms with Crippen LogP contribution in [0, 0.1) is 17.7 Å². The number of aromatic nitrogens is 3. The quantitative estimate of drug-likeness (QED) is 0.599. The van der Waals surface area contributed by atoms with Crippen molar-refractivity contribution in [2.24, 2.45) is 11.8 Å². The number of ether oxygens (including phenoxy) is 1. The van der Waals surface area contributed by atoms with E-state index in [1.807, 2.05) is 30.3 Å². The van der Waals surface area contributed by atoms with Crippen molar-refractivity contribution < 1.29 is 9.13 Å². The highest BCUT2D eigenvalue weighted by Crippen LogP contribution is 2.40. The maximum Gasteiger partial charge on any atom is 0.319 e. The first-order chi connectivity index (χ1) is 13.7. The lowest BCUT2D eigenvalue weighted by atomic mass is 9.99. The summed E-state index contributed by atoms with van der Waals surface area (Å²) in [4.78, 5) is 15.2. The Bertz CT molecular complexity index is 1000. The van der Waals surface area contributed by atoms with E-state index >= 15 is 0 Å². The molecule has 2 atom stereocenters. The SMILES string of the molecule is Fc1c(Cl)ncc2c(N3CC4CCC(C4)C3)nc(OCc3ccccc3)nc12. The molecule has 28 heavy (non-hydrogen) atoms. The summed E-state index contributed by atoms with van der Waals surface area (Å²) in [6.45, 7) is 2.16. The van der Waals surface area contributed by atoms with Crippen LogP contribution < -0.4 is 9.64 Å². The highest BCUT2D eigenvalue weighted by atomic mass is 35.5. The van der Waals surface area contributed by atoms with Gasteiger partial charge in [0.05, 0.1) is 5.39 Å². The van der Waals surface area contributed by atoms with Crippen molar-refractivity contribution in [1.29, 1.82) is 0 Å². The first-order valence-electron chi connectivity index (χ1n) is 9.61. The van der Waals surface area contributed by atoms with E-state index in [9.17, 15) is 4.39 Å². The highest BCUT2D eigenvalue weighted by molar-refractivity contribution is 6.30. The molecule has 0 N–H and O–H groups in total. The molecule has 2 aromatic heterocycles. The summed E-state index contributed by atoms with van der Waals surface area (Å²) in [5.41, 5.74) is 1.16. The van der Waals surface area contributed by atoms with Crippen molar-refractivity contribution in [1.82, 2.24) is 15.0 Å². The van der Waals surface area contributed by atoms with Crippen LogP contribution in [0.1, 0.15) is 24.8 Å². The van der Waals surface area contributed by atoms with Crippen molar-refractivity contribution in [3.63, 3.8) is 0 Å². The number of hydrogen-bond acceptors (Lipinski definition) is 5. The molecule has 0 amide bonds. The van der Waals surface area contributed by atoms with Crippen molar-refractivity contribution in [2.75, 3.05) is 18.0 Å². The third-order valence-corrected chi connectivity index (χ3v) is 5.98. The zero-order valence-corrected chi connectivity index (χ0v) is 16.1. The second-order valence-electron chi connectivity index (χ2n) is 7.68. The van der Waals surface area contributed by atoms with Gasteiger partial charge < -0.3 is 9.64 Å². The molecular formula is C21H20ClFN4O. The fourth-order valence-corrected chi connectivity index (χ4v) is 4.55. The van der Waals surface area contributed by atoms with Crippen LogP contribution in [0.3, 0.4) is 0 Å². The smallest absolute Gasteiger partial charge is 0.319 e. The van der Waals surface area contributed by atoms with Gasteiger partial charge in [-0.15, -0.1) is 0 Å². The molecule has 5 nitrogen and oxygen atoms in total. The maximum absolute atomic E-state index is 14.7. The molecule has 1 aliphatic carbocycles. The van der Waals surface area contributed by atoms with E-state index in [1.54, 1.807) is 6.20 Å². The minimum Gasteiger partial charge on any atom is -0.459 e. The van der Waals surface area contributed by atoms with Gasteiger partial charge in [-0.05, 0) is 36.7 Å². The molecule has 1 saturated heterocycles. The molecule has 144 valence electrons. The summed E-state index contributed by atoms with van der Waals surface area (Å²) >= 11 is 5.91. The van der Waals surface area contributed by atoms with E-state index in [-0.39, 0.29) is 16.7 Å². The van der Waals surface area contributed by atoms with Crippen LogP contribution >= 0.6 is 11.6 Å². The summed E-state index contributed by atoms with van der Waals surface area (Å²) in [6, 6.07) is 9.92. The first-order valence-corrected chi connectivity index (χ1v) is 9.98. The number of rotatable bonds is 4. The van der Waals surface area contributed by atoms with Gasteiger partial charge >= 0.3 is 6.01 Å². The number of nitrogens with zero attached hydrogens (tertiary/aromatic N) is 4. The number of pyridine rings is 1. The van der Waals surface area contributed by atoms with Gasteiger partial charge in [0.1, 0.15) is 17.9 Å². The van der Waals surface area contributed by atoms with Gasteiger partial charge in [-0.2, -0.15) is 9.97 Å². The Balaban J connectivity index is 1.54. The Kier molecular flexibility index (Phi) is 4.51. The molecule has 3 aromatic rings. The monoisotopic (exact) mass is 398 g/mol. The highest BCUT2D eigenvalue weighted by Gasteiger charge is 2.34. The third kappa shape index (κ3) is 3.26. The molecule has 3 heterocycles. The lowest BCUT2D eigenvalue weighted by Gasteiger charge is -2.33. The molecule has 2 aliphatic rings. The molecule has 2 unspecified atom stereocenters. The van der Waals surface area contributed by atoms with E-state index < -0.39 is 5.82 Å². The van der Waals surface area contributed by atoms with Crippen LogP contribution in [-0.2, 0) is 6.61 Å². The van der Waals surface area contributed by atoms with Crippen molar-refractivity contribution in [3.05, 3.63) is 53.1 Å². The summed E-state index contributed by atoms with van der Waals surface area (Å²) in [5.74, 6) is 1.39. The Labute approximate surface area is 167 Å². The van der Waals surface area contributed by atoms with E-state index in [0.717, 1.165) is 18.7 Å². The zero-order chi connectivity index (χ0) is 19.1. The van der Waals surface area contributed by atoms with E-state index in [0.29, 0.717) is 29.6 Å². The topological polar surface area (TPSA) is 51.1 Å². The van der Waals surface area contributed by atoms with Gasteiger partial charge in [0, 0.05) is 19.3 Å². The minimum absolute atomic E-state index is 0.158. The molecule has 1 aromatic carbocycles. The molecule has 1 aliphatic heterocycles. The normalized spacial score (nSPS) is 21.3. The predicted octanol–water partition coefficient (Wildman–Crippen LogP) is 4.63. The predicted molar refractivity (Wildman–Crippen MR) is 106 cm³/mol. The maximum atomic E-state index is 14.7. The summed E-state index contributed by atoms with van der Waals surface area (Å²) in [5, 5.41) is 0.389. The van der Waals surface area contributed by atoms with Crippen LogP contribution in [0.5, 0.6) is 6.01 Å². The lowest BCUT2D eigenvalue weighted by Crippen LogP contribution is -2.37. The van der Waals surface area contributed by atoms with Gasteiger partial charge in [-0.25, -0.2) is 9.37 Å². The number of hydrogen-bond donors (Lipinski definition) is 0. The second kappa shape index (κ2) is 7.17. The third-order valence-electron chi connectivity index (χ3n) is 5.72. The van der Waals surface area contributed by atoms with E-state index in [2.05, 4.69) is 19.9 Å². The number of fused-ring (bicyclic) bond motifs is 3. The average molecular weight is 399 g/mol. The second-order valence-corrected chi connectivity index (χ2v) is 8.04. The van der Waals surface area contributed by atoms with E-state index in [4.69, 9.17) is 16.3 Å². The van der Waals surface area contributed by atoms with Gasteiger partial charge in [0.25, 0.3) is 0 Å². The number of piperidine rings is 1. The molecule has 2 bridgehead atoms. The Morgan fingerprint density at radius 3 is 2.61 bits per heavy atom. The lowest BCUT2D eigenvalue weighted by molar-refractivity contribution is 0.281. The molecule has 1 saturated carbocycles. The molecular weight excluding hydrogens is 379 g/mol. The van der Waals surface area contributed by atoms with Crippen LogP contribution in [-0.4, -0.2) is 28.0 Å². The van der Waals surface area contributed by atoms with Gasteiger partial charge in [-0.1, -0.05) is 41.9 Å². The Hall–Kier alpha value is -2.47. The molecule has 5 rings (SSSR count). The van der Waals surface area contributed by atoms with Gasteiger partial charge in [-0.3, -0.25) is 0 Å². The average Bonchev–Trinajstić information content (AvgIpc) is 3.07. The van der Waals surface area contributed by atoms with E-state index in [1.165, 1.54) is 19.3 Å². The number of halogens is 2. The Morgan fingerprint density at radius 1 is 1.11 bits per heavy atom. The summed E-state index contributed by atoms with van der Waals surface area (Å²) in [6.07, 6.45) is 5.34. The van der Waals surface area contributed by atoms with Crippen LogP contribution in [0.4, 0.5) is 10.2 Å². The minimum atomic E-state index is -0.632. The molecule has 0 spiro atoms. The number of benzene rings is 1. The van der Waals surface area contributed by atoms with Gasteiger partial charge in [0.15, 0.2) is 11.0 Å². The fourth-order valence-electron chi connectivity index (χ4n) is 4.41. The largest absolute Gasteiger partial charge is 0.459 e. The summed E-state index contributed by atoms with van der Waals surface area (Å²) in [7, 11) is 0. The molecule has 0 radical (unpaired) electrons.